The number of rotatable bonds is 4. The fraction of sp³-hybridized carbons (Fsp3) is 0.312. The van der Waals surface area contributed by atoms with Crippen LogP contribution in [-0.2, 0) is 6.54 Å². The molecule has 0 saturated carbocycles. The molecule has 1 amide bonds. The topological polar surface area (TPSA) is 102 Å². The van der Waals surface area contributed by atoms with Gasteiger partial charge in [-0.1, -0.05) is 6.07 Å². The minimum atomic E-state index is -0.436. The SMILES string of the molecule is NCc1cc(Oc2cccc(C(=O)N3CC[C@H](O)C3)c2)ncn1. The zero-order valence-electron chi connectivity index (χ0n) is 12.6. The highest BCUT2D eigenvalue weighted by atomic mass is 16.5. The number of carbonyl (C=O) groups excluding carboxylic acids is 1. The van der Waals surface area contributed by atoms with Crippen LogP contribution in [-0.4, -0.2) is 45.1 Å². The lowest BCUT2D eigenvalue weighted by Gasteiger charge is -2.16. The van der Waals surface area contributed by atoms with Crippen molar-refractivity contribution in [1.82, 2.24) is 14.9 Å². The highest BCUT2D eigenvalue weighted by Gasteiger charge is 2.25. The molecule has 1 aromatic carbocycles. The molecule has 2 aromatic rings. The molecule has 0 aliphatic carbocycles. The first kappa shape index (κ1) is 15.4. The first-order valence-corrected chi connectivity index (χ1v) is 7.42. The van der Waals surface area contributed by atoms with E-state index in [-0.39, 0.29) is 5.91 Å². The van der Waals surface area contributed by atoms with Crippen LogP contribution in [0.4, 0.5) is 0 Å². The van der Waals surface area contributed by atoms with Gasteiger partial charge in [-0.05, 0) is 24.6 Å². The molecular formula is C16H18N4O3. The van der Waals surface area contributed by atoms with Crippen molar-refractivity contribution in [1.29, 1.82) is 0 Å². The smallest absolute Gasteiger partial charge is 0.254 e. The molecule has 7 heteroatoms. The average Bonchev–Trinajstić information content (AvgIpc) is 3.01. The number of likely N-dealkylation sites (tertiary alicyclic amines) is 1. The monoisotopic (exact) mass is 314 g/mol. The van der Waals surface area contributed by atoms with Crippen LogP contribution in [0.1, 0.15) is 22.5 Å². The number of nitrogens with zero attached hydrogens (tertiary/aromatic N) is 3. The molecule has 23 heavy (non-hydrogen) atoms. The fourth-order valence-corrected chi connectivity index (χ4v) is 2.47. The van der Waals surface area contributed by atoms with Gasteiger partial charge in [-0.25, -0.2) is 9.97 Å². The van der Waals surface area contributed by atoms with Crippen LogP contribution >= 0.6 is 0 Å². The molecular weight excluding hydrogens is 296 g/mol. The van der Waals surface area contributed by atoms with Crippen LogP contribution in [0.25, 0.3) is 0 Å². The van der Waals surface area contributed by atoms with Crippen molar-refractivity contribution in [3.8, 4) is 11.6 Å². The highest BCUT2D eigenvalue weighted by Crippen LogP contribution is 2.22. The second kappa shape index (κ2) is 6.72. The number of hydrogen-bond donors (Lipinski definition) is 2. The molecule has 0 unspecified atom stereocenters. The lowest BCUT2D eigenvalue weighted by molar-refractivity contribution is 0.0764. The van der Waals surface area contributed by atoms with E-state index in [4.69, 9.17) is 10.5 Å². The number of nitrogens with two attached hydrogens (primary N) is 1. The van der Waals surface area contributed by atoms with E-state index in [1.807, 2.05) is 0 Å². The Morgan fingerprint density at radius 1 is 1.39 bits per heavy atom. The second-order valence-electron chi connectivity index (χ2n) is 5.38. The van der Waals surface area contributed by atoms with Crippen LogP contribution in [0.2, 0.25) is 0 Å². The summed E-state index contributed by atoms with van der Waals surface area (Å²) in [5.41, 5.74) is 6.73. The number of ether oxygens (including phenoxy) is 1. The van der Waals surface area contributed by atoms with Gasteiger partial charge in [0.15, 0.2) is 0 Å². The largest absolute Gasteiger partial charge is 0.439 e. The number of aromatic nitrogens is 2. The van der Waals surface area contributed by atoms with Gasteiger partial charge in [0, 0.05) is 31.3 Å². The van der Waals surface area contributed by atoms with Crippen LogP contribution in [0.3, 0.4) is 0 Å². The predicted octanol–water partition coefficient (Wildman–Crippen LogP) is 0.934. The quantitative estimate of drug-likeness (QED) is 0.870. The van der Waals surface area contributed by atoms with Crippen LogP contribution in [0.15, 0.2) is 36.7 Å². The third-order valence-corrected chi connectivity index (χ3v) is 3.66. The molecule has 3 N–H and O–H groups in total. The van der Waals surface area contributed by atoms with E-state index in [9.17, 15) is 9.90 Å². The van der Waals surface area contributed by atoms with Gasteiger partial charge in [0.25, 0.3) is 5.91 Å². The molecule has 120 valence electrons. The Hall–Kier alpha value is -2.51. The number of amides is 1. The Morgan fingerprint density at radius 2 is 2.26 bits per heavy atom. The Balaban J connectivity index is 1.75. The van der Waals surface area contributed by atoms with E-state index < -0.39 is 6.10 Å². The van der Waals surface area contributed by atoms with E-state index in [2.05, 4.69) is 9.97 Å². The van der Waals surface area contributed by atoms with Gasteiger partial charge < -0.3 is 20.5 Å². The summed E-state index contributed by atoms with van der Waals surface area (Å²) >= 11 is 0. The number of carbonyl (C=O) groups is 1. The molecule has 0 spiro atoms. The van der Waals surface area contributed by atoms with Crippen molar-refractivity contribution in [2.45, 2.75) is 19.1 Å². The summed E-state index contributed by atoms with van der Waals surface area (Å²) < 4.78 is 5.67. The molecule has 0 radical (unpaired) electrons. The van der Waals surface area contributed by atoms with Gasteiger partial charge >= 0.3 is 0 Å². The first-order valence-electron chi connectivity index (χ1n) is 7.42. The number of aliphatic hydroxyl groups excluding tert-OH is 1. The van der Waals surface area contributed by atoms with Gasteiger partial charge in [-0.15, -0.1) is 0 Å². The Labute approximate surface area is 133 Å². The third kappa shape index (κ3) is 3.64. The molecule has 2 heterocycles. The lowest BCUT2D eigenvalue weighted by atomic mass is 10.2. The Kier molecular flexibility index (Phi) is 4.50. The molecule has 7 nitrogen and oxygen atoms in total. The van der Waals surface area contributed by atoms with Gasteiger partial charge in [-0.3, -0.25) is 4.79 Å². The minimum absolute atomic E-state index is 0.114. The molecule has 1 aliphatic heterocycles. The van der Waals surface area contributed by atoms with Gasteiger partial charge in [0.2, 0.25) is 5.88 Å². The molecule has 1 aromatic heterocycles. The number of benzene rings is 1. The van der Waals surface area contributed by atoms with E-state index in [1.54, 1.807) is 35.2 Å². The van der Waals surface area contributed by atoms with Crippen LogP contribution in [0.5, 0.6) is 11.6 Å². The second-order valence-corrected chi connectivity index (χ2v) is 5.38. The zero-order chi connectivity index (χ0) is 16.2. The van der Waals surface area contributed by atoms with Crippen molar-refractivity contribution in [3.63, 3.8) is 0 Å². The summed E-state index contributed by atoms with van der Waals surface area (Å²) in [5, 5.41) is 9.55. The predicted molar refractivity (Wildman–Crippen MR) is 83.0 cm³/mol. The van der Waals surface area contributed by atoms with E-state index in [0.717, 1.165) is 0 Å². The molecule has 1 atom stereocenters. The maximum absolute atomic E-state index is 12.4. The van der Waals surface area contributed by atoms with Crippen molar-refractivity contribution >= 4 is 5.91 Å². The van der Waals surface area contributed by atoms with Crippen molar-refractivity contribution < 1.29 is 14.6 Å². The molecule has 1 aliphatic rings. The fourth-order valence-electron chi connectivity index (χ4n) is 2.47. The number of β-amino-alcohol motifs (C(OH)–C–C–N with tert-alkyl or cyclic N) is 1. The summed E-state index contributed by atoms with van der Waals surface area (Å²) in [5.74, 6) is 0.774. The highest BCUT2D eigenvalue weighted by molar-refractivity contribution is 5.94. The summed E-state index contributed by atoms with van der Waals surface area (Å²) in [4.78, 5) is 22.1. The molecule has 1 saturated heterocycles. The normalized spacial score (nSPS) is 17.3. The Bertz CT molecular complexity index is 707. The van der Waals surface area contributed by atoms with Gasteiger partial charge in [0.1, 0.15) is 12.1 Å². The summed E-state index contributed by atoms with van der Waals surface area (Å²) in [6.07, 6.45) is 1.57. The van der Waals surface area contributed by atoms with E-state index in [1.165, 1.54) is 6.33 Å². The van der Waals surface area contributed by atoms with Crippen LogP contribution < -0.4 is 10.5 Å². The zero-order valence-corrected chi connectivity index (χ0v) is 12.6. The maximum Gasteiger partial charge on any atom is 0.254 e. The Morgan fingerprint density at radius 3 is 3.00 bits per heavy atom. The van der Waals surface area contributed by atoms with Crippen molar-refractivity contribution in [2.75, 3.05) is 13.1 Å². The van der Waals surface area contributed by atoms with Gasteiger partial charge in [0.05, 0.1) is 11.8 Å². The average molecular weight is 314 g/mol. The summed E-state index contributed by atoms with van der Waals surface area (Å²) in [6.45, 7) is 1.24. The first-order chi connectivity index (χ1) is 11.2. The van der Waals surface area contributed by atoms with Crippen molar-refractivity contribution in [3.05, 3.63) is 47.9 Å². The van der Waals surface area contributed by atoms with Crippen molar-refractivity contribution in [2.24, 2.45) is 5.73 Å². The summed E-state index contributed by atoms with van der Waals surface area (Å²) in [6, 6.07) is 8.55. The molecule has 1 fully saturated rings. The third-order valence-electron chi connectivity index (χ3n) is 3.66. The summed E-state index contributed by atoms with van der Waals surface area (Å²) in [7, 11) is 0. The standard InChI is InChI=1S/C16H18N4O3/c17-8-12-7-15(19-10-18-12)23-14-3-1-2-11(6-14)16(22)20-5-4-13(21)9-20/h1-3,6-7,10,13,21H,4-5,8-9,17H2/t13-/m0/s1. The molecule has 3 rings (SSSR count). The molecule has 0 bridgehead atoms. The number of aliphatic hydroxyl groups is 1. The maximum atomic E-state index is 12.4. The van der Waals surface area contributed by atoms with Gasteiger partial charge in [-0.2, -0.15) is 0 Å². The van der Waals surface area contributed by atoms with Crippen LogP contribution in [0, 0.1) is 0 Å². The van der Waals surface area contributed by atoms with E-state index in [0.29, 0.717) is 48.9 Å². The number of hydrogen-bond acceptors (Lipinski definition) is 6. The van der Waals surface area contributed by atoms with E-state index >= 15 is 0 Å². The lowest BCUT2D eigenvalue weighted by Crippen LogP contribution is -2.29. The minimum Gasteiger partial charge on any atom is -0.439 e.